The van der Waals surface area contributed by atoms with Crippen molar-refractivity contribution >= 4 is 11.8 Å². The SMILES string of the molecule is O=C(CC[C@@H]1CCCN(C(=O)CCn2cnnn2)C1)NCc1ccc(F)c(F)c1. The maximum atomic E-state index is 13.2. The number of nitrogens with zero attached hydrogens (tertiary/aromatic N) is 5. The number of carbonyl (C=O) groups is 2. The average molecular weight is 406 g/mol. The van der Waals surface area contributed by atoms with Gasteiger partial charge in [-0.2, -0.15) is 0 Å². The third-order valence-electron chi connectivity index (χ3n) is 5.07. The number of aryl methyl sites for hydroxylation is 1. The number of benzene rings is 1. The van der Waals surface area contributed by atoms with E-state index in [0.717, 1.165) is 31.5 Å². The fourth-order valence-electron chi connectivity index (χ4n) is 3.45. The molecule has 0 bridgehead atoms. The molecule has 1 aromatic carbocycles. The molecule has 10 heteroatoms. The molecule has 1 N–H and O–H groups in total. The zero-order valence-electron chi connectivity index (χ0n) is 16.1. The molecule has 2 amide bonds. The van der Waals surface area contributed by atoms with Gasteiger partial charge in [-0.25, -0.2) is 13.5 Å². The number of carbonyl (C=O) groups excluding carboxylic acids is 2. The van der Waals surface area contributed by atoms with Crippen LogP contribution in [0.3, 0.4) is 0 Å². The van der Waals surface area contributed by atoms with Crippen LogP contribution in [0.15, 0.2) is 24.5 Å². The van der Waals surface area contributed by atoms with Gasteiger partial charge in [-0.05, 0) is 53.3 Å². The van der Waals surface area contributed by atoms with E-state index in [-0.39, 0.29) is 24.3 Å². The zero-order chi connectivity index (χ0) is 20.6. The lowest BCUT2D eigenvalue weighted by atomic mass is 9.93. The first-order chi connectivity index (χ1) is 14.0. The molecule has 156 valence electrons. The molecule has 1 aliphatic rings. The van der Waals surface area contributed by atoms with Crippen molar-refractivity contribution in [1.82, 2.24) is 30.4 Å². The van der Waals surface area contributed by atoms with Crippen LogP contribution in [0.1, 0.15) is 37.7 Å². The van der Waals surface area contributed by atoms with Crippen LogP contribution >= 0.6 is 0 Å². The summed E-state index contributed by atoms with van der Waals surface area (Å²) in [5.41, 5.74) is 0.509. The number of hydrogen-bond acceptors (Lipinski definition) is 5. The van der Waals surface area contributed by atoms with E-state index in [0.29, 0.717) is 37.9 Å². The first kappa shape index (κ1) is 20.8. The number of aromatic nitrogens is 4. The summed E-state index contributed by atoms with van der Waals surface area (Å²) < 4.78 is 27.7. The summed E-state index contributed by atoms with van der Waals surface area (Å²) in [5.74, 6) is -1.64. The summed E-state index contributed by atoms with van der Waals surface area (Å²) in [4.78, 5) is 26.3. The van der Waals surface area contributed by atoms with Crippen molar-refractivity contribution in [3.8, 4) is 0 Å². The lowest BCUT2D eigenvalue weighted by molar-refractivity contribution is -0.133. The lowest BCUT2D eigenvalue weighted by Crippen LogP contribution is -2.40. The van der Waals surface area contributed by atoms with Gasteiger partial charge in [0.2, 0.25) is 11.8 Å². The topological polar surface area (TPSA) is 93.0 Å². The number of hydrogen-bond donors (Lipinski definition) is 1. The smallest absolute Gasteiger partial charge is 0.224 e. The molecule has 0 radical (unpaired) electrons. The third-order valence-corrected chi connectivity index (χ3v) is 5.07. The van der Waals surface area contributed by atoms with E-state index in [1.54, 1.807) is 0 Å². The fraction of sp³-hybridized carbons (Fsp3) is 0.526. The number of nitrogens with one attached hydrogen (secondary N) is 1. The van der Waals surface area contributed by atoms with E-state index in [1.807, 2.05) is 4.90 Å². The second-order valence-electron chi connectivity index (χ2n) is 7.23. The van der Waals surface area contributed by atoms with Crippen molar-refractivity contribution in [3.63, 3.8) is 0 Å². The van der Waals surface area contributed by atoms with Gasteiger partial charge >= 0.3 is 0 Å². The van der Waals surface area contributed by atoms with Crippen molar-refractivity contribution in [2.45, 2.75) is 45.2 Å². The number of tetrazole rings is 1. The summed E-state index contributed by atoms with van der Waals surface area (Å²) in [6, 6.07) is 3.57. The standard InChI is InChI=1S/C19H24F2N6O2/c20-16-5-3-15(10-17(16)21)11-22-18(28)6-4-14-2-1-8-26(12-14)19(29)7-9-27-13-23-24-25-27/h3,5,10,13-14H,1-2,4,6-9,11-12H2,(H,22,28)/t14-/m0/s1. The molecule has 1 atom stereocenters. The molecule has 0 aliphatic carbocycles. The second-order valence-corrected chi connectivity index (χ2v) is 7.23. The molecule has 0 saturated carbocycles. The van der Waals surface area contributed by atoms with Gasteiger partial charge in [-0.1, -0.05) is 6.07 Å². The maximum absolute atomic E-state index is 13.2. The number of halogens is 2. The van der Waals surface area contributed by atoms with Crippen molar-refractivity contribution in [2.24, 2.45) is 5.92 Å². The van der Waals surface area contributed by atoms with Crippen molar-refractivity contribution in [3.05, 3.63) is 41.7 Å². The van der Waals surface area contributed by atoms with Crippen LogP contribution in [0.4, 0.5) is 8.78 Å². The molecule has 1 fully saturated rings. The van der Waals surface area contributed by atoms with E-state index in [4.69, 9.17) is 0 Å². The minimum absolute atomic E-state index is 0.0630. The molecule has 1 aliphatic heterocycles. The first-order valence-electron chi connectivity index (χ1n) is 9.70. The second kappa shape index (κ2) is 10.0. The molecule has 8 nitrogen and oxygen atoms in total. The molecule has 2 heterocycles. The van der Waals surface area contributed by atoms with Crippen LogP contribution in [0.25, 0.3) is 0 Å². The molecule has 0 spiro atoms. The summed E-state index contributed by atoms with van der Waals surface area (Å²) in [5, 5.41) is 13.6. The summed E-state index contributed by atoms with van der Waals surface area (Å²) in [6.45, 7) is 1.97. The van der Waals surface area contributed by atoms with Crippen molar-refractivity contribution in [2.75, 3.05) is 13.1 Å². The van der Waals surface area contributed by atoms with Crippen LogP contribution < -0.4 is 5.32 Å². The molecular formula is C19H24F2N6O2. The van der Waals surface area contributed by atoms with Crippen molar-refractivity contribution in [1.29, 1.82) is 0 Å². The van der Waals surface area contributed by atoms with Gasteiger partial charge < -0.3 is 10.2 Å². The Morgan fingerprint density at radius 3 is 2.83 bits per heavy atom. The Bertz CT molecular complexity index is 830. The van der Waals surface area contributed by atoms with Crippen LogP contribution in [-0.2, 0) is 22.7 Å². The minimum Gasteiger partial charge on any atom is -0.352 e. The number of piperidine rings is 1. The predicted octanol–water partition coefficient (Wildman–Crippen LogP) is 1.68. The summed E-state index contributed by atoms with van der Waals surface area (Å²) in [6.07, 6.45) is 4.73. The van der Waals surface area contributed by atoms with Gasteiger partial charge in [0.25, 0.3) is 0 Å². The minimum atomic E-state index is -0.927. The molecule has 29 heavy (non-hydrogen) atoms. The average Bonchev–Trinajstić information content (AvgIpc) is 3.25. The van der Waals surface area contributed by atoms with Gasteiger partial charge in [0.15, 0.2) is 11.6 Å². The highest BCUT2D eigenvalue weighted by atomic mass is 19.2. The largest absolute Gasteiger partial charge is 0.352 e. The quantitative estimate of drug-likeness (QED) is 0.720. The van der Waals surface area contributed by atoms with E-state index in [1.165, 1.54) is 17.1 Å². The van der Waals surface area contributed by atoms with E-state index in [9.17, 15) is 18.4 Å². The van der Waals surface area contributed by atoms with Gasteiger partial charge in [0.05, 0.1) is 6.54 Å². The van der Waals surface area contributed by atoms with Crippen molar-refractivity contribution < 1.29 is 18.4 Å². The monoisotopic (exact) mass is 406 g/mol. The van der Waals surface area contributed by atoms with E-state index >= 15 is 0 Å². The molecular weight excluding hydrogens is 382 g/mol. The molecule has 1 aromatic heterocycles. The highest BCUT2D eigenvalue weighted by Crippen LogP contribution is 2.21. The third kappa shape index (κ3) is 6.30. The highest BCUT2D eigenvalue weighted by molar-refractivity contribution is 5.76. The predicted molar refractivity (Wildman–Crippen MR) is 99.2 cm³/mol. The Balaban J connectivity index is 1.37. The first-order valence-corrected chi connectivity index (χ1v) is 9.70. The lowest BCUT2D eigenvalue weighted by Gasteiger charge is -2.32. The Morgan fingerprint density at radius 2 is 2.07 bits per heavy atom. The Kier molecular flexibility index (Phi) is 7.20. The fourth-order valence-corrected chi connectivity index (χ4v) is 3.45. The Labute approximate surface area is 167 Å². The Hall–Kier alpha value is -2.91. The van der Waals surface area contributed by atoms with Crippen LogP contribution in [0.2, 0.25) is 0 Å². The van der Waals surface area contributed by atoms with Crippen LogP contribution in [-0.4, -0.2) is 50.0 Å². The maximum Gasteiger partial charge on any atom is 0.224 e. The van der Waals surface area contributed by atoms with Gasteiger partial charge in [0, 0.05) is 32.5 Å². The van der Waals surface area contributed by atoms with Gasteiger partial charge in [-0.3, -0.25) is 9.59 Å². The summed E-state index contributed by atoms with van der Waals surface area (Å²) >= 11 is 0. The Morgan fingerprint density at radius 1 is 1.21 bits per heavy atom. The van der Waals surface area contributed by atoms with Crippen LogP contribution in [0.5, 0.6) is 0 Å². The molecule has 2 aromatic rings. The molecule has 3 rings (SSSR count). The van der Waals surface area contributed by atoms with E-state index in [2.05, 4.69) is 20.8 Å². The van der Waals surface area contributed by atoms with Gasteiger partial charge in [-0.15, -0.1) is 5.10 Å². The molecule has 0 unspecified atom stereocenters. The zero-order valence-corrected chi connectivity index (χ0v) is 16.1. The summed E-state index contributed by atoms with van der Waals surface area (Å²) in [7, 11) is 0. The normalized spacial score (nSPS) is 16.6. The van der Waals surface area contributed by atoms with Gasteiger partial charge in [0.1, 0.15) is 6.33 Å². The number of amides is 2. The van der Waals surface area contributed by atoms with E-state index < -0.39 is 11.6 Å². The number of likely N-dealkylation sites (tertiary alicyclic amines) is 1. The number of rotatable bonds is 8. The van der Waals surface area contributed by atoms with Crippen LogP contribution in [0, 0.1) is 17.6 Å². The molecule has 1 saturated heterocycles. The highest BCUT2D eigenvalue weighted by Gasteiger charge is 2.24.